The van der Waals surface area contributed by atoms with Crippen molar-refractivity contribution in [3.05, 3.63) is 54.4 Å². The second-order valence-corrected chi connectivity index (χ2v) is 4.40. The number of tetrazole rings is 1. The van der Waals surface area contributed by atoms with Gasteiger partial charge in [-0.25, -0.2) is 4.98 Å². The average Bonchev–Trinajstić information content (AvgIpc) is 3.10. The molecule has 2 heterocycles. The van der Waals surface area contributed by atoms with Gasteiger partial charge in [-0.3, -0.25) is 0 Å². The lowest BCUT2D eigenvalue weighted by Crippen LogP contribution is -2.18. The molecule has 0 fully saturated rings. The summed E-state index contributed by atoms with van der Waals surface area (Å²) in [7, 11) is 1.97. The highest BCUT2D eigenvalue weighted by Gasteiger charge is 2.07. The van der Waals surface area contributed by atoms with Gasteiger partial charge in [-0.2, -0.15) is 4.68 Å². The molecule has 0 saturated carbocycles. The van der Waals surface area contributed by atoms with Crippen LogP contribution in [0.15, 0.2) is 42.7 Å². The van der Waals surface area contributed by atoms with E-state index in [0.29, 0.717) is 13.1 Å². The van der Waals surface area contributed by atoms with E-state index in [9.17, 15) is 0 Å². The summed E-state index contributed by atoms with van der Waals surface area (Å²) < 4.78 is 3.71. The molecule has 2 aromatic heterocycles. The minimum absolute atomic E-state index is 0.578. The molecule has 0 bridgehead atoms. The monoisotopic (exact) mass is 269 g/mol. The third-order valence-electron chi connectivity index (χ3n) is 3.02. The van der Waals surface area contributed by atoms with Crippen molar-refractivity contribution in [3.8, 4) is 5.69 Å². The zero-order chi connectivity index (χ0) is 13.8. The number of para-hydroxylation sites is 1. The minimum Gasteiger partial charge on any atom is -0.337 e. The van der Waals surface area contributed by atoms with E-state index in [0.717, 1.165) is 17.3 Å². The minimum atomic E-state index is 0.578. The highest BCUT2D eigenvalue weighted by Crippen LogP contribution is 2.06. The number of hydrogen-bond acceptors (Lipinski definition) is 5. The first-order valence-electron chi connectivity index (χ1n) is 6.34. The number of benzene rings is 1. The molecule has 7 nitrogen and oxygen atoms in total. The Hall–Kier alpha value is -2.54. The van der Waals surface area contributed by atoms with Crippen LogP contribution in [0.4, 0.5) is 0 Å². The van der Waals surface area contributed by atoms with Crippen LogP contribution in [0, 0.1) is 0 Å². The molecule has 3 rings (SSSR count). The molecule has 0 atom stereocenters. The van der Waals surface area contributed by atoms with Crippen LogP contribution in [-0.4, -0.2) is 29.8 Å². The fourth-order valence-corrected chi connectivity index (χ4v) is 1.94. The van der Waals surface area contributed by atoms with Crippen molar-refractivity contribution in [2.24, 2.45) is 7.05 Å². The van der Waals surface area contributed by atoms with E-state index in [-0.39, 0.29) is 0 Å². The van der Waals surface area contributed by atoms with Crippen molar-refractivity contribution in [2.75, 3.05) is 0 Å². The van der Waals surface area contributed by atoms with Gasteiger partial charge in [-0.1, -0.05) is 18.2 Å². The summed E-state index contributed by atoms with van der Waals surface area (Å²) in [5.74, 6) is 1.74. The number of imidazole rings is 1. The lowest BCUT2D eigenvalue weighted by molar-refractivity contribution is 0.607. The predicted octanol–water partition coefficient (Wildman–Crippen LogP) is 0.686. The number of aryl methyl sites for hydroxylation is 1. The summed E-state index contributed by atoms with van der Waals surface area (Å²) in [5.41, 5.74) is 0.950. The molecule has 0 spiro atoms. The van der Waals surface area contributed by atoms with Gasteiger partial charge in [0.25, 0.3) is 0 Å². The van der Waals surface area contributed by atoms with E-state index >= 15 is 0 Å². The van der Waals surface area contributed by atoms with Gasteiger partial charge in [-0.15, -0.1) is 5.10 Å². The molecule has 1 aromatic carbocycles. The van der Waals surface area contributed by atoms with Gasteiger partial charge in [0.15, 0.2) is 5.82 Å². The van der Waals surface area contributed by atoms with Crippen molar-refractivity contribution in [1.82, 2.24) is 35.1 Å². The van der Waals surface area contributed by atoms with Gasteiger partial charge in [0.1, 0.15) is 5.82 Å². The Bertz CT molecular complexity index is 671. The standard InChI is InChI=1S/C13H15N7/c1-19-8-7-15-12(19)9-14-10-13-16-17-18-20(13)11-5-3-2-4-6-11/h2-8,14H,9-10H2,1H3. The lowest BCUT2D eigenvalue weighted by Gasteiger charge is -2.06. The van der Waals surface area contributed by atoms with E-state index in [1.807, 2.05) is 48.1 Å². The van der Waals surface area contributed by atoms with Gasteiger partial charge in [0, 0.05) is 19.4 Å². The van der Waals surface area contributed by atoms with E-state index in [1.165, 1.54) is 0 Å². The maximum Gasteiger partial charge on any atom is 0.170 e. The number of rotatable bonds is 5. The second kappa shape index (κ2) is 5.62. The Morgan fingerprint density at radius 3 is 2.65 bits per heavy atom. The van der Waals surface area contributed by atoms with Crippen molar-refractivity contribution in [2.45, 2.75) is 13.1 Å². The number of aromatic nitrogens is 6. The summed E-state index contributed by atoms with van der Waals surface area (Å²) in [4.78, 5) is 4.26. The van der Waals surface area contributed by atoms with Crippen LogP contribution in [0.25, 0.3) is 5.69 Å². The van der Waals surface area contributed by atoms with Crippen LogP contribution < -0.4 is 5.32 Å². The SMILES string of the molecule is Cn1ccnc1CNCc1nnnn1-c1ccccc1. The average molecular weight is 269 g/mol. The van der Waals surface area contributed by atoms with Crippen LogP contribution >= 0.6 is 0 Å². The van der Waals surface area contributed by atoms with E-state index in [1.54, 1.807) is 10.9 Å². The summed E-state index contributed by atoms with van der Waals surface area (Å²) in [6.07, 6.45) is 3.70. The van der Waals surface area contributed by atoms with Gasteiger partial charge in [0.2, 0.25) is 0 Å². The Morgan fingerprint density at radius 1 is 1.10 bits per heavy atom. The highest BCUT2D eigenvalue weighted by molar-refractivity contribution is 5.30. The molecule has 20 heavy (non-hydrogen) atoms. The number of nitrogens with zero attached hydrogens (tertiary/aromatic N) is 6. The molecule has 0 aliphatic rings. The van der Waals surface area contributed by atoms with E-state index in [4.69, 9.17) is 0 Å². The quantitative estimate of drug-likeness (QED) is 0.737. The maximum atomic E-state index is 4.26. The van der Waals surface area contributed by atoms with Gasteiger partial charge in [-0.05, 0) is 22.6 Å². The summed E-state index contributed by atoms with van der Waals surface area (Å²) in [6, 6.07) is 9.83. The Morgan fingerprint density at radius 2 is 1.90 bits per heavy atom. The van der Waals surface area contributed by atoms with Crippen LogP contribution in [0.5, 0.6) is 0 Å². The Kier molecular flexibility index (Phi) is 3.51. The largest absolute Gasteiger partial charge is 0.337 e. The lowest BCUT2D eigenvalue weighted by atomic mass is 10.3. The molecule has 1 N–H and O–H groups in total. The van der Waals surface area contributed by atoms with Gasteiger partial charge in [0.05, 0.1) is 18.8 Å². The van der Waals surface area contributed by atoms with Crippen molar-refractivity contribution >= 4 is 0 Å². The first-order chi connectivity index (χ1) is 9.84. The molecule has 0 aliphatic carbocycles. The second-order valence-electron chi connectivity index (χ2n) is 4.40. The smallest absolute Gasteiger partial charge is 0.170 e. The Labute approximate surface area is 116 Å². The third-order valence-corrected chi connectivity index (χ3v) is 3.02. The first-order valence-corrected chi connectivity index (χ1v) is 6.34. The fraction of sp³-hybridized carbons (Fsp3) is 0.231. The molecule has 0 unspecified atom stereocenters. The van der Waals surface area contributed by atoms with Crippen molar-refractivity contribution in [3.63, 3.8) is 0 Å². The van der Waals surface area contributed by atoms with Crippen molar-refractivity contribution in [1.29, 1.82) is 0 Å². The fourth-order valence-electron chi connectivity index (χ4n) is 1.94. The summed E-state index contributed by atoms with van der Waals surface area (Å²) in [6.45, 7) is 1.25. The number of nitrogens with one attached hydrogen (secondary N) is 1. The van der Waals surface area contributed by atoms with E-state index in [2.05, 4.69) is 25.8 Å². The maximum absolute atomic E-state index is 4.26. The predicted molar refractivity (Wildman–Crippen MR) is 72.9 cm³/mol. The molecule has 0 amide bonds. The molecule has 3 aromatic rings. The zero-order valence-corrected chi connectivity index (χ0v) is 11.1. The van der Waals surface area contributed by atoms with Crippen LogP contribution in [0.3, 0.4) is 0 Å². The molecule has 0 saturated heterocycles. The third kappa shape index (κ3) is 2.57. The molecular weight excluding hydrogens is 254 g/mol. The topological polar surface area (TPSA) is 73.5 Å². The van der Waals surface area contributed by atoms with Crippen LogP contribution in [0.1, 0.15) is 11.6 Å². The summed E-state index contributed by atoms with van der Waals surface area (Å²) >= 11 is 0. The molecule has 102 valence electrons. The van der Waals surface area contributed by atoms with Gasteiger partial charge < -0.3 is 9.88 Å². The Balaban J connectivity index is 1.67. The van der Waals surface area contributed by atoms with Crippen molar-refractivity contribution < 1.29 is 0 Å². The summed E-state index contributed by atoms with van der Waals surface area (Å²) in [5, 5.41) is 15.1. The normalized spacial score (nSPS) is 10.8. The highest BCUT2D eigenvalue weighted by atomic mass is 15.5. The molecule has 0 radical (unpaired) electrons. The zero-order valence-electron chi connectivity index (χ0n) is 11.1. The van der Waals surface area contributed by atoms with E-state index < -0.39 is 0 Å². The van der Waals surface area contributed by atoms with Crippen LogP contribution in [0.2, 0.25) is 0 Å². The first kappa shape index (κ1) is 12.5. The molecular formula is C13H15N7. The van der Waals surface area contributed by atoms with Crippen LogP contribution in [-0.2, 0) is 20.1 Å². The number of hydrogen-bond donors (Lipinski definition) is 1. The molecule has 7 heteroatoms. The van der Waals surface area contributed by atoms with Gasteiger partial charge >= 0.3 is 0 Å². The molecule has 0 aliphatic heterocycles.